The summed E-state index contributed by atoms with van der Waals surface area (Å²) in [6, 6.07) is 10.6. The lowest BCUT2D eigenvalue weighted by Crippen LogP contribution is -2.47. The van der Waals surface area contributed by atoms with Gasteiger partial charge in [-0.3, -0.25) is 9.59 Å². The Hall–Kier alpha value is -3.09. The first-order chi connectivity index (χ1) is 15.5. The number of carbonyl (C=O) groups excluding carboxylic acids is 2. The fraction of sp³-hybridized carbons (Fsp3) is 0.440. The van der Waals surface area contributed by atoms with Gasteiger partial charge in [-0.15, -0.1) is 0 Å². The number of nitrogens with one attached hydrogen (secondary N) is 1. The highest BCUT2D eigenvalue weighted by Gasteiger charge is 2.41. The van der Waals surface area contributed by atoms with Crippen LogP contribution in [0.1, 0.15) is 48.4 Å². The highest BCUT2D eigenvalue weighted by atomic mass is 19.1. The van der Waals surface area contributed by atoms with Gasteiger partial charge in [-0.2, -0.15) is 0 Å². The first-order valence-corrected chi connectivity index (χ1v) is 11.2. The molecule has 0 spiro atoms. The molecule has 1 aliphatic carbocycles. The molecule has 1 saturated carbocycles. The largest absolute Gasteiger partial charge is 0.454 e. The van der Waals surface area contributed by atoms with Gasteiger partial charge in [0.15, 0.2) is 11.5 Å². The van der Waals surface area contributed by atoms with E-state index in [2.05, 4.69) is 5.32 Å². The van der Waals surface area contributed by atoms with Crippen LogP contribution >= 0.6 is 0 Å². The van der Waals surface area contributed by atoms with E-state index < -0.39 is 0 Å². The molecule has 0 aromatic heterocycles. The third-order valence-corrected chi connectivity index (χ3v) is 6.63. The quantitative estimate of drug-likeness (QED) is 0.770. The van der Waals surface area contributed by atoms with E-state index >= 15 is 0 Å². The molecule has 6 nitrogen and oxygen atoms in total. The van der Waals surface area contributed by atoms with E-state index in [4.69, 9.17) is 9.47 Å². The van der Waals surface area contributed by atoms with Gasteiger partial charge in [-0.1, -0.05) is 18.2 Å². The van der Waals surface area contributed by atoms with Gasteiger partial charge in [-0.05, 0) is 67.5 Å². The number of fused-ring (bicyclic) bond motifs is 1. The summed E-state index contributed by atoms with van der Waals surface area (Å²) in [7, 11) is 0. The van der Waals surface area contributed by atoms with E-state index in [1.165, 1.54) is 6.07 Å². The minimum absolute atomic E-state index is 0.0509. The van der Waals surface area contributed by atoms with E-state index in [1.54, 1.807) is 13.0 Å². The lowest BCUT2D eigenvalue weighted by Gasteiger charge is -2.40. The highest BCUT2D eigenvalue weighted by Crippen LogP contribution is 2.40. The monoisotopic (exact) mass is 438 g/mol. The molecule has 2 aromatic rings. The number of ether oxygens (including phenoxy) is 2. The van der Waals surface area contributed by atoms with Crippen LogP contribution in [0.2, 0.25) is 0 Å². The number of nitrogens with zero attached hydrogens (tertiary/aromatic N) is 1. The normalized spacial score (nSPS) is 22.0. The molecule has 7 heteroatoms. The van der Waals surface area contributed by atoms with Crippen molar-refractivity contribution in [1.29, 1.82) is 0 Å². The number of carbonyl (C=O) groups is 2. The minimum Gasteiger partial charge on any atom is -0.454 e. The van der Waals surface area contributed by atoms with Crippen LogP contribution in [-0.4, -0.2) is 30.1 Å². The van der Waals surface area contributed by atoms with Crippen LogP contribution < -0.4 is 14.8 Å². The van der Waals surface area contributed by atoms with Crippen molar-refractivity contribution >= 4 is 11.8 Å². The predicted octanol–water partition coefficient (Wildman–Crippen LogP) is 3.87. The first kappa shape index (κ1) is 20.8. The summed E-state index contributed by atoms with van der Waals surface area (Å²) in [6.07, 6.45) is 3.19. The van der Waals surface area contributed by atoms with E-state index in [9.17, 15) is 14.0 Å². The van der Waals surface area contributed by atoms with Crippen molar-refractivity contribution in [3.63, 3.8) is 0 Å². The maximum Gasteiger partial charge on any atom is 0.231 e. The molecule has 1 saturated heterocycles. The molecule has 3 aliphatic rings. The summed E-state index contributed by atoms with van der Waals surface area (Å²) >= 11 is 0. The smallest absolute Gasteiger partial charge is 0.231 e. The lowest BCUT2D eigenvalue weighted by molar-refractivity contribution is -0.140. The van der Waals surface area contributed by atoms with Gasteiger partial charge in [0, 0.05) is 19.0 Å². The van der Waals surface area contributed by atoms with Crippen molar-refractivity contribution in [2.75, 3.05) is 13.3 Å². The van der Waals surface area contributed by atoms with Crippen molar-refractivity contribution < 1.29 is 23.5 Å². The summed E-state index contributed by atoms with van der Waals surface area (Å²) in [5, 5.41) is 3.01. The summed E-state index contributed by atoms with van der Waals surface area (Å²) in [5.41, 5.74) is 2.45. The van der Waals surface area contributed by atoms with Crippen molar-refractivity contribution in [3.8, 4) is 11.5 Å². The lowest BCUT2D eigenvalue weighted by atomic mass is 9.87. The Morgan fingerprint density at radius 2 is 1.81 bits per heavy atom. The van der Waals surface area contributed by atoms with E-state index in [1.807, 2.05) is 29.2 Å². The molecule has 2 fully saturated rings. The second kappa shape index (κ2) is 8.45. The summed E-state index contributed by atoms with van der Waals surface area (Å²) in [4.78, 5) is 27.9. The van der Waals surface area contributed by atoms with E-state index in [-0.39, 0.29) is 42.3 Å². The molecule has 2 aliphatic heterocycles. The molecule has 0 radical (unpaired) electrons. The van der Waals surface area contributed by atoms with Crippen LogP contribution in [-0.2, 0) is 16.1 Å². The standard InChI is InChI=1S/C25H27FN2O4/c1-15-10-18(5-7-20(15)26)21-8-6-19(13-28(21)25(30)17-3-4-17)24(29)27-12-16-2-9-22-23(11-16)32-14-31-22/h2,5,7,9-11,17,19,21H,3-4,6,8,12-14H2,1H3,(H,27,29)/t19-,21+/m0/s1. The SMILES string of the molecule is Cc1cc([C@H]2CC[C@H](C(=O)NCc3ccc4c(c3)OCO4)CN2C(=O)C2CC2)ccc1F. The fourth-order valence-electron chi connectivity index (χ4n) is 4.60. The van der Waals surface area contributed by atoms with Gasteiger partial charge in [-0.25, -0.2) is 4.39 Å². The molecule has 5 rings (SSSR count). The molecule has 0 bridgehead atoms. The minimum atomic E-state index is -0.260. The van der Waals surface area contributed by atoms with Crippen molar-refractivity contribution in [2.24, 2.45) is 11.8 Å². The van der Waals surface area contributed by atoms with Crippen LogP contribution in [0.3, 0.4) is 0 Å². The Bertz CT molecular complexity index is 1050. The number of benzene rings is 2. The van der Waals surface area contributed by atoms with E-state index in [0.717, 1.165) is 24.0 Å². The van der Waals surface area contributed by atoms with Crippen molar-refractivity contribution in [2.45, 2.75) is 45.2 Å². The summed E-state index contributed by atoms with van der Waals surface area (Å²) in [6.45, 7) is 2.74. The number of likely N-dealkylation sites (tertiary alicyclic amines) is 1. The molecular formula is C25H27FN2O4. The molecule has 2 atom stereocenters. The Kier molecular flexibility index (Phi) is 5.49. The molecule has 2 amide bonds. The number of halogens is 1. The Balaban J connectivity index is 1.27. The Labute approximate surface area is 186 Å². The van der Waals surface area contributed by atoms with Crippen LogP contribution in [0.5, 0.6) is 11.5 Å². The second-order valence-corrected chi connectivity index (χ2v) is 8.97. The zero-order valence-electron chi connectivity index (χ0n) is 18.1. The number of amides is 2. The molecule has 2 aromatic carbocycles. The molecule has 32 heavy (non-hydrogen) atoms. The Morgan fingerprint density at radius 1 is 1.03 bits per heavy atom. The average Bonchev–Trinajstić information content (AvgIpc) is 3.55. The van der Waals surface area contributed by atoms with Crippen LogP contribution in [0, 0.1) is 24.6 Å². The molecule has 2 heterocycles. The van der Waals surface area contributed by atoms with Gasteiger partial charge in [0.25, 0.3) is 0 Å². The zero-order valence-corrected chi connectivity index (χ0v) is 18.1. The molecule has 0 unspecified atom stereocenters. The molecule has 1 N–H and O–H groups in total. The van der Waals surface area contributed by atoms with Gasteiger partial charge >= 0.3 is 0 Å². The van der Waals surface area contributed by atoms with Gasteiger partial charge < -0.3 is 19.7 Å². The molecule has 168 valence electrons. The van der Waals surface area contributed by atoms with Gasteiger partial charge in [0.2, 0.25) is 18.6 Å². The third kappa shape index (κ3) is 4.16. The van der Waals surface area contributed by atoms with Crippen LogP contribution in [0.4, 0.5) is 4.39 Å². The van der Waals surface area contributed by atoms with Gasteiger partial charge in [0.05, 0.1) is 12.0 Å². The number of hydrogen-bond acceptors (Lipinski definition) is 4. The number of aryl methyl sites for hydroxylation is 1. The highest BCUT2D eigenvalue weighted by molar-refractivity contribution is 5.84. The maximum atomic E-state index is 13.8. The summed E-state index contributed by atoms with van der Waals surface area (Å²) in [5.74, 6) is 1.02. The third-order valence-electron chi connectivity index (χ3n) is 6.63. The first-order valence-electron chi connectivity index (χ1n) is 11.2. The average molecular weight is 438 g/mol. The summed E-state index contributed by atoms with van der Waals surface area (Å²) < 4.78 is 24.5. The van der Waals surface area contributed by atoms with Gasteiger partial charge in [0.1, 0.15) is 5.82 Å². The van der Waals surface area contributed by atoms with Crippen molar-refractivity contribution in [3.05, 3.63) is 58.9 Å². The number of hydrogen-bond donors (Lipinski definition) is 1. The van der Waals surface area contributed by atoms with Crippen molar-refractivity contribution in [1.82, 2.24) is 10.2 Å². The predicted molar refractivity (Wildman–Crippen MR) is 115 cm³/mol. The second-order valence-electron chi connectivity index (χ2n) is 8.97. The molecular weight excluding hydrogens is 411 g/mol. The van der Waals surface area contributed by atoms with Crippen LogP contribution in [0.25, 0.3) is 0 Å². The van der Waals surface area contributed by atoms with E-state index in [0.29, 0.717) is 43.0 Å². The number of piperidine rings is 1. The fourth-order valence-corrected chi connectivity index (χ4v) is 4.60. The number of rotatable bonds is 5. The zero-order chi connectivity index (χ0) is 22.2. The van der Waals surface area contributed by atoms with Crippen LogP contribution in [0.15, 0.2) is 36.4 Å². The maximum absolute atomic E-state index is 13.8. The Morgan fingerprint density at radius 3 is 2.59 bits per heavy atom. The topological polar surface area (TPSA) is 67.9 Å².